The molecule has 2 fully saturated rings. The average molecular weight is 487 g/mol. The van der Waals surface area contributed by atoms with Gasteiger partial charge in [0.15, 0.2) is 5.65 Å². The Labute approximate surface area is 194 Å². The number of aromatic nitrogens is 6. The van der Waals surface area contributed by atoms with Crippen LogP contribution in [0.25, 0.3) is 28.0 Å². The predicted octanol–water partition coefficient (Wildman–Crippen LogP) is 1.91. The molecule has 0 amide bonds. The zero-order valence-electron chi connectivity index (χ0n) is 18.6. The van der Waals surface area contributed by atoms with Crippen LogP contribution in [-0.2, 0) is 14.8 Å². The first-order valence-electron chi connectivity index (χ1n) is 11.1. The summed E-state index contributed by atoms with van der Waals surface area (Å²) >= 11 is 0. The quantitative estimate of drug-likeness (QED) is 0.451. The van der Waals surface area contributed by atoms with Gasteiger partial charge in [-0.25, -0.2) is 22.4 Å². The minimum atomic E-state index is -3.68. The Bertz CT molecular complexity index is 1530. The summed E-state index contributed by atoms with van der Waals surface area (Å²) in [6, 6.07) is 4.28. The topological polar surface area (TPSA) is 120 Å². The van der Waals surface area contributed by atoms with E-state index in [1.54, 1.807) is 17.7 Å². The predicted molar refractivity (Wildman–Crippen MR) is 124 cm³/mol. The number of nitrogens with one attached hydrogen (secondary N) is 1. The number of fused-ring (bicyclic) bond motifs is 2. The molecule has 1 aliphatic carbocycles. The monoisotopic (exact) mass is 486 g/mol. The molecule has 1 saturated carbocycles. The molecule has 0 unspecified atom stereocenters. The number of hydrogen-bond donors (Lipinski definition) is 1. The molecule has 1 saturated heterocycles. The number of halogens is 1. The fraction of sp³-hybridized carbons (Fsp3) is 0.429. The summed E-state index contributed by atoms with van der Waals surface area (Å²) in [5.74, 6) is 0.774. The number of rotatable bonds is 5. The van der Waals surface area contributed by atoms with E-state index in [2.05, 4.69) is 25.3 Å². The van der Waals surface area contributed by atoms with Gasteiger partial charge >= 0.3 is 0 Å². The second kappa shape index (κ2) is 7.60. The van der Waals surface area contributed by atoms with Crippen molar-refractivity contribution in [3.63, 3.8) is 0 Å². The minimum absolute atomic E-state index is 0.0143. The standard InChI is InChI=1S/C21H23FN8O3S/c1-12-11-33-8-7-28(12)18-15-10-24-30(34(31,32)14-4-5-14)19(15)27-21(26-18)29-17-6-3-13(22)9-16(17)25-20(29)23-2/h3,6,9-10,12,14H,4-5,7-8,11H2,1-2H3,(H,23,25)/t12-/m1/s1. The Balaban J connectivity index is 1.65. The summed E-state index contributed by atoms with van der Waals surface area (Å²) in [6.45, 7) is 3.65. The van der Waals surface area contributed by atoms with Crippen LogP contribution in [-0.4, -0.2) is 75.2 Å². The molecule has 4 aromatic rings. The van der Waals surface area contributed by atoms with E-state index in [4.69, 9.17) is 9.72 Å². The highest BCUT2D eigenvalue weighted by Crippen LogP contribution is 2.34. The Morgan fingerprint density at radius 3 is 2.76 bits per heavy atom. The van der Waals surface area contributed by atoms with Gasteiger partial charge in [0.25, 0.3) is 10.0 Å². The van der Waals surface area contributed by atoms with E-state index in [-0.39, 0.29) is 17.6 Å². The van der Waals surface area contributed by atoms with Gasteiger partial charge < -0.3 is 15.0 Å². The van der Waals surface area contributed by atoms with Crippen molar-refractivity contribution in [2.45, 2.75) is 31.1 Å². The van der Waals surface area contributed by atoms with E-state index >= 15 is 0 Å². The van der Waals surface area contributed by atoms with Crippen LogP contribution in [0.1, 0.15) is 19.8 Å². The Hall–Kier alpha value is -3.32. The van der Waals surface area contributed by atoms with Crippen molar-refractivity contribution >= 4 is 43.9 Å². The van der Waals surface area contributed by atoms with Crippen LogP contribution >= 0.6 is 0 Å². The van der Waals surface area contributed by atoms with Crippen molar-refractivity contribution in [1.29, 1.82) is 0 Å². The van der Waals surface area contributed by atoms with Crippen molar-refractivity contribution in [3.8, 4) is 5.95 Å². The van der Waals surface area contributed by atoms with Crippen molar-refractivity contribution in [1.82, 2.24) is 28.7 Å². The third-order valence-electron chi connectivity index (χ3n) is 6.23. The SMILES string of the molecule is CNc1nc2cc(F)ccc2n1-c1nc(N2CCOC[C@H]2C)c2cnn(S(=O)(=O)C3CC3)c2n1. The van der Waals surface area contributed by atoms with Crippen LogP contribution in [0, 0.1) is 5.82 Å². The van der Waals surface area contributed by atoms with Crippen molar-refractivity contribution < 1.29 is 17.5 Å². The maximum atomic E-state index is 13.9. The summed E-state index contributed by atoms with van der Waals surface area (Å²) in [7, 11) is -1.98. The Morgan fingerprint density at radius 1 is 1.21 bits per heavy atom. The lowest BCUT2D eigenvalue weighted by molar-refractivity contribution is 0.0987. The van der Waals surface area contributed by atoms with E-state index in [0.29, 0.717) is 60.8 Å². The van der Waals surface area contributed by atoms with Crippen LogP contribution in [0.3, 0.4) is 0 Å². The second-order valence-corrected chi connectivity index (χ2v) is 10.6. The molecular formula is C21H23FN8O3S. The largest absolute Gasteiger partial charge is 0.377 e. The molecule has 6 rings (SSSR count). The summed E-state index contributed by atoms with van der Waals surface area (Å²) in [6.07, 6.45) is 2.73. The smallest absolute Gasteiger partial charge is 0.258 e. The molecule has 1 aromatic carbocycles. The van der Waals surface area contributed by atoms with Crippen LogP contribution in [0.4, 0.5) is 16.2 Å². The highest BCUT2D eigenvalue weighted by molar-refractivity contribution is 7.90. The molecule has 4 heterocycles. The van der Waals surface area contributed by atoms with Gasteiger partial charge in [0.1, 0.15) is 11.6 Å². The van der Waals surface area contributed by atoms with E-state index in [9.17, 15) is 12.8 Å². The zero-order valence-corrected chi connectivity index (χ0v) is 19.5. The Kier molecular flexibility index (Phi) is 4.74. The summed E-state index contributed by atoms with van der Waals surface area (Å²) in [5, 5.41) is 7.32. The molecule has 34 heavy (non-hydrogen) atoms. The number of nitrogens with zero attached hydrogens (tertiary/aromatic N) is 7. The first kappa shape index (κ1) is 21.2. The van der Waals surface area contributed by atoms with Gasteiger partial charge in [-0.15, -0.1) is 4.09 Å². The molecule has 0 radical (unpaired) electrons. The van der Waals surface area contributed by atoms with Crippen LogP contribution in [0.15, 0.2) is 24.4 Å². The third-order valence-corrected chi connectivity index (χ3v) is 8.30. The van der Waals surface area contributed by atoms with Crippen LogP contribution < -0.4 is 10.2 Å². The van der Waals surface area contributed by atoms with Crippen molar-refractivity contribution in [3.05, 3.63) is 30.2 Å². The minimum Gasteiger partial charge on any atom is -0.377 e. The second-order valence-electron chi connectivity index (χ2n) is 8.59. The van der Waals surface area contributed by atoms with Gasteiger partial charge in [-0.2, -0.15) is 15.1 Å². The zero-order chi connectivity index (χ0) is 23.6. The van der Waals surface area contributed by atoms with Crippen LogP contribution in [0.5, 0.6) is 0 Å². The number of hydrogen-bond acceptors (Lipinski definition) is 9. The van der Waals surface area contributed by atoms with Gasteiger partial charge in [-0.1, -0.05) is 0 Å². The van der Waals surface area contributed by atoms with E-state index in [1.165, 1.54) is 18.3 Å². The number of ether oxygens (including phenoxy) is 1. The lowest BCUT2D eigenvalue weighted by atomic mass is 10.2. The van der Waals surface area contributed by atoms with Gasteiger partial charge in [-0.05, 0) is 31.9 Å². The lowest BCUT2D eigenvalue weighted by Crippen LogP contribution is -2.44. The number of benzene rings is 1. The molecule has 178 valence electrons. The fourth-order valence-corrected chi connectivity index (χ4v) is 5.91. The highest BCUT2D eigenvalue weighted by Gasteiger charge is 2.39. The summed E-state index contributed by atoms with van der Waals surface area (Å²) < 4.78 is 48.4. The molecule has 0 spiro atoms. The van der Waals surface area contributed by atoms with Crippen molar-refractivity contribution in [2.75, 3.05) is 37.0 Å². The molecule has 0 bridgehead atoms. The normalized spacial score (nSPS) is 19.3. The highest BCUT2D eigenvalue weighted by atomic mass is 32.2. The summed E-state index contributed by atoms with van der Waals surface area (Å²) in [4.78, 5) is 16.0. The molecule has 1 N–H and O–H groups in total. The number of anilines is 2. The molecule has 1 aliphatic heterocycles. The van der Waals surface area contributed by atoms with Gasteiger partial charge in [0, 0.05) is 19.7 Å². The van der Waals surface area contributed by atoms with Gasteiger partial charge in [-0.3, -0.25) is 0 Å². The van der Waals surface area contributed by atoms with Gasteiger partial charge in [0.05, 0.1) is 47.1 Å². The molecule has 13 heteroatoms. The average Bonchev–Trinajstić information content (AvgIpc) is 3.50. The van der Waals surface area contributed by atoms with Gasteiger partial charge in [0.2, 0.25) is 11.9 Å². The van der Waals surface area contributed by atoms with E-state index < -0.39 is 21.1 Å². The fourth-order valence-electron chi connectivity index (χ4n) is 4.34. The molecule has 3 aromatic heterocycles. The molecule has 2 aliphatic rings. The Morgan fingerprint density at radius 2 is 2.03 bits per heavy atom. The van der Waals surface area contributed by atoms with Crippen LogP contribution in [0.2, 0.25) is 0 Å². The maximum absolute atomic E-state index is 13.9. The summed E-state index contributed by atoms with van der Waals surface area (Å²) in [5.41, 5.74) is 1.22. The molecule has 11 nitrogen and oxygen atoms in total. The van der Waals surface area contributed by atoms with Crippen molar-refractivity contribution in [2.24, 2.45) is 0 Å². The molecule has 1 atom stereocenters. The lowest BCUT2D eigenvalue weighted by Gasteiger charge is -2.34. The molecular weight excluding hydrogens is 463 g/mol. The van der Waals surface area contributed by atoms with E-state index in [1.807, 2.05) is 6.92 Å². The maximum Gasteiger partial charge on any atom is 0.258 e. The number of imidazole rings is 1. The first-order valence-corrected chi connectivity index (χ1v) is 12.6. The first-order chi connectivity index (χ1) is 16.4. The van der Waals surface area contributed by atoms with E-state index in [0.717, 1.165) is 4.09 Å². The third kappa shape index (κ3) is 3.21. The number of morpholine rings is 1.